The van der Waals surface area contributed by atoms with Crippen molar-refractivity contribution in [3.8, 4) is 0 Å². The van der Waals surface area contributed by atoms with Crippen molar-refractivity contribution in [2.75, 3.05) is 5.32 Å². The zero-order valence-corrected chi connectivity index (χ0v) is 20.8. The van der Waals surface area contributed by atoms with E-state index in [1.165, 1.54) is 42.3 Å². The molecule has 10 heteroatoms. The Morgan fingerprint density at radius 1 is 1.08 bits per heavy atom. The smallest absolute Gasteiger partial charge is 0.407 e. The van der Waals surface area contributed by atoms with Gasteiger partial charge in [0.1, 0.15) is 18.0 Å². The molecule has 4 atom stereocenters. The third-order valence-electron chi connectivity index (χ3n) is 6.71. The molecule has 0 spiro atoms. The number of nitrogens with one attached hydrogen (secondary N) is 2. The average Bonchev–Trinajstić information content (AvgIpc) is 3.33. The van der Waals surface area contributed by atoms with Gasteiger partial charge in [-0.3, -0.25) is 19.5 Å². The summed E-state index contributed by atoms with van der Waals surface area (Å²) in [6.07, 6.45) is 2.66. The third-order valence-corrected chi connectivity index (χ3v) is 6.71. The minimum absolute atomic E-state index is 0.144. The second-order valence-corrected chi connectivity index (χ2v) is 9.28. The molecule has 1 saturated heterocycles. The van der Waals surface area contributed by atoms with Gasteiger partial charge in [0.05, 0.1) is 11.6 Å². The normalized spacial score (nSPS) is 18.4. The zero-order valence-electron chi connectivity index (χ0n) is 20.8. The van der Waals surface area contributed by atoms with Gasteiger partial charge < -0.3 is 20.8 Å². The fourth-order valence-corrected chi connectivity index (χ4v) is 4.73. The summed E-state index contributed by atoms with van der Waals surface area (Å²) in [6, 6.07) is 14.1. The molecule has 1 aromatic heterocycles. The number of likely N-dealkylation sites (tertiary alicyclic amines) is 1. The van der Waals surface area contributed by atoms with Crippen LogP contribution in [0.3, 0.4) is 0 Å². The largest absolute Gasteiger partial charge is 0.465 e. The van der Waals surface area contributed by atoms with Crippen LogP contribution >= 0.6 is 0 Å². The summed E-state index contributed by atoms with van der Waals surface area (Å²) in [7, 11) is 0. The van der Waals surface area contributed by atoms with Crippen LogP contribution in [-0.2, 0) is 11.2 Å². The number of carbonyl (C=O) groups excluding carboxylic acids is 2. The van der Waals surface area contributed by atoms with Crippen molar-refractivity contribution < 1.29 is 29.0 Å². The number of benzene rings is 2. The molecule has 198 valence electrons. The monoisotopic (exact) mass is 520 g/mol. The number of hydrogen-bond donors (Lipinski definition) is 4. The van der Waals surface area contributed by atoms with E-state index < -0.39 is 41.9 Å². The molecular formula is C28H29FN4O5. The third kappa shape index (κ3) is 6.15. The Morgan fingerprint density at radius 3 is 2.47 bits per heavy atom. The van der Waals surface area contributed by atoms with Gasteiger partial charge in [0, 0.05) is 29.7 Å². The minimum Gasteiger partial charge on any atom is -0.465 e. The topological polar surface area (TPSA) is 132 Å². The summed E-state index contributed by atoms with van der Waals surface area (Å²) in [5.74, 6) is -1.83. The molecule has 4 N–H and O–H groups in total. The van der Waals surface area contributed by atoms with Crippen molar-refractivity contribution in [1.82, 2.24) is 15.2 Å². The number of aromatic nitrogens is 1. The van der Waals surface area contributed by atoms with Crippen LogP contribution < -0.4 is 10.6 Å². The molecule has 3 amide bonds. The number of halogens is 1. The van der Waals surface area contributed by atoms with Crippen molar-refractivity contribution in [1.29, 1.82) is 0 Å². The van der Waals surface area contributed by atoms with Gasteiger partial charge in [0.25, 0.3) is 5.91 Å². The van der Waals surface area contributed by atoms with E-state index in [4.69, 9.17) is 0 Å². The number of hydrogen-bond acceptors (Lipinski definition) is 5. The molecule has 0 radical (unpaired) electrons. The molecule has 1 aliphatic heterocycles. The maximum Gasteiger partial charge on any atom is 0.407 e. The molecule has 1 fully saturated rings. The highest BCUT2D eigenvalue weighted by Crippen LogP contribution is 2.34. The first-order valence-electron chi connectivity index (χ1n) is 12.3. The van der Waals surface area contributed by atoms with E-state index >= 15 is 0 Å². The van der Waals surface area contributed by atoms with E-state index in [0.29, 0.717) is 30.5 Å². The fraction of sp³-hybridized carbons (Fsp3) is 0.286. The molecule has 2 aromatic carbocycles. The van der Waals surface area contributed by atoms with Gasteiger partial charge in [-0.05, 0) is 62.1 Å². The Hall–Kier alpha value is -4.31. The first kappa shape index (κ1) is 26.7. The quantitative estimate of drug-likeness (QED) is 0.358. The van der Waals surface area contributed by atoms with E-state index in [0.717, 1.165) is 5.56 Å². The Labute approximate surface area is 219 Å². The van der Waals surface area contributed by atoms with Crippen LogP contribution in [0.2, 0.25) is 0 Å². The van der Waals surface area contributed by atoms with E-state index in [1.807, 2.05) is 0 Å². The highest BCUT2D eigenvalue weighted by molar-refractivity contribution is 6.01. The van der Waals surface area contributed by atoms with Crippen LogP contribution in [0.5, 0.6) is 0 Å². The van der Waals surface area contributed by atoms with Crippen molar-refractivity contribution in [2.45, 2.75) is 50.4 Å². The Bertz CT molecular complexity index is 1290. The highest BCUT2D eigenvalue weighted by atomic mass is 19.1. The lowest BCUT2D eigenvalue weighted by Crippen LogP contribution is -2.44. The van der Waals surface area contributed by atoms with Crippen molar-refractivity contribution in [2.24, 2.45) is 0 Å². The van der Waals surface area contributed by atoms with Gasteiger partial charge in [-0.2, -0.15) is 0 Å². The van der Waals surface area contributed by atoms with E-state index in [1.54, 1.807) is 42.6 Å². The molecule has 0 bridgehead atoms. The van der Waals surface area contributed by atoms with Gasteiger partial charge >= 0.3 is 6.09 Å². The number of carbonyl (C=O) groups is 3. The second kappa shape index (κ2) is 11.8. The molecular weight excluding hydrogens is 491 g/mol. The minimum atomic E-state index is -1.09. The summed E-state index contributed by atoms with van der Waals surface area (Å²) in [4.78, 5) is 42.2. The summed E-state index contributed by atoms with van der Waals surface area (Å²) in [6.45, 7) is 1.50. The summed E-state index contributed by atoms with van der Waals surface area (Å²) >= 11 is 0. The lowest BCUT2D eigenvalue weighted by Gasteiger charge is -2.30. The molecule has 9 nitrogen and oxygen atoms in total. The number of rotatable bonds is 8. The van der Waals surface area contributed by atoms with Crippen LogP contribution in [0.4, 0.5) is 14.9 Å². The molecule has 1 aliphatic rings. The maximum absolute atomic E-state index is 13.8. The average molecular weight is 521 g/mol. The first-order chi connectivity index (χ1) is 18.2. The lowest BCUT2D eigenvalue weighted by atomic mass is 10.0. The number of amides is 3. The number of aliphatic hydroxyl groups is 1. The first-order valence-corrected chi connectivity index (χ1v) is 12.3. The number of aliphatic hydroxyl groups excluding tert-OH is 1. The van der Waals surface area contributed by atoms with Gasteiger partial charge in [-0.15, -0.1) is 0 Å². The molecule has 3 aromatic rings. The number of pyridine rings is 1. The predicted molar refractivity (Wildman–Crippen MR) is 138 cm³/mol. The van der Waals surface area contributed by atoms with Crippen molar-refractivity contribution >= 4 is 23.6 Å². The molecule has 1 unspecified atom stereocenters. The van der Waals surface area contributed by atoms with E-state index in [-0.39, 0.29) is 11.6 Å². The van der Waals surface area contributed by atoms with Crippen LogP contribution in [-0.4, -0.2) is 56.1 Å². The molecule has 38 heavy (non-hydrogen) atoms. The standard InChI is InChI=1S/C28H29FN4O5/c1-17(31-27(36)22-6-2-3-7-23(22)29)26(35)32-20-10-8-18(9-11-20)15-21-12-13-24(33(21)28(37)38)25(34)19-5-4-14-30-16-19/h2-11,14,16-17,21,24-25,34H,12-13,15H2,1H3,(H,31,36)(H,32,35)(H,37,38)/t17-,21-,24+,25?/m0/s1. The molecule has 0 saturated carbocycles. The number of anilines is 1. The predicted octanol–water partition coefficient (Wildman–Crippen LogP) is 3.76. The second-order valence-electron chi connectivity index (χ2n) is 9.28. The SMILES string of the molecule is C[C@H](NC(=O)c1ccccc1F)C(=O)Nc1ccc(C[C@@H]2CC[C@H](C(O)c3cccnc3)N2C(=O)O)cc1. The van der Waals surface area contributed by atoms with Gasteiger partial charge in [0.15, 0.2) is 0 Å². The van der Waals surface area contributed by atoms with Crippen molar-refractivity contribution in [3.63, 3.8) is 0 Å². The van der Waals surface area contributed by atoms with Gasteiger partial charge in [-0.25, -0.2) is 9.18 Å². The fourth-order valence-electron chi connectivity index (χ4n) is 4.73. The van der Waals surface area contributed by atoms with E-state index in [9.17, 15) is 29.0 Å². The highest BCUT2D eigenvalue weighted by Gasteiger charge is 2.41. The Kier molecular flexibility index (Phi) is 8.32. The van der Waals surface area contributed by atoms with Crippen LogP contribution in [0.25, 0.3) is 0 Å². The Morgan fingerprint density at radius 2 is 1.82 bits per heavy atom. The van der Waals surface area contributed by atoms with Crippen molar-refractivity contribution in [3.05, 3.63) is 95.6 Å². The molecule has 2 heterocycles. The lowest BCUT2D eigenvalue weighted by molar-refractivity contribution is -0.117. The summed E-state index contributed by atoms with van der Waals surface area (Å²) in [5.41, 5.74) is 1.80. The van der Waals surface area contributed by atoms with Gasteiger partial charge in [0.2, 0.25) is 5.91 Å². The summed E-state index contributed by atoms with van der Waals surface area (Å²) < 4.78 is 13.8. The maximum atomic E-state index is 13.8. The van der Waals surface area contributed by atoms with E-state index in [2.05, 4.69) is 15.6 Å². The van der Waals surface area contributed by atoms with Crippen LogP contribution in [0.1, 0.15) is 47.4 Å². The van der Waals surface area contributed by atoms with Crippen LogP contribution in [0, 0.1) is 5.82 Å². The molecule has 0 aliphatic carbocycles. The zero-order chi connectivity index (χ0) is 27.2. The number of nitrogens with zero attached hydrogens (tertiary/aromatic N) is 2. The Balaban J connectivity index is 1.34. The molecule has 4 rings (SSSR count). The summed E-state index contributed by atoms with van der Waals surface area (Å²) in [5, 5.41) is 25.9. The number of carboxylic acid groups (broad SMARTS) is 1. The van der Waals surface area contributed by atoms with Gasteiger partial charge in [-0.1, -0.05) is 30.3 Å². The van der Waals surface area contributed by atoms with Crippen LogP contribution in [0.15, 0.2) is 73.1 Å².